The number of carbonyl (C=O) groups is 1. The van der Waals surface area contributed by atoms with Gasteiger partial charge in [0.1, 0.15) is 0 Å². The van der Waals surface area contributed by atoms with Crippen LogP contribution in [0.25, 0.3) is 21.8 Å². The molecule has 0 saturated carbocycles. The standard InChI is InChI=1S/C21H13ClN2O3S/c22-14-7-10-17-19(11-14)23-18-4-2-1-3-16(18)21(17)28-12-20(25)13-5-8-15(9-6-13)24(26)27/h1-11H,12H2. The summed E-state index contributed by atoms with van der Waals surface area (Å²) in [5.74, 6) is 0.117. The Morgan fingerprint density at radius 2 is 1.71 bits per heavy atom. The van der Waals surface area contributed by atoms with E-state index in [0.29, 0.717) is 10.6 Å². The van der Waals surface area contributed by atoms with Crippen LogP contribution in [0.15, 0.2) is 71.6 Å². The molecule has 5 nitrogen and oxygen atoms in total. The molecule has 4 rings (SSSR count). The summed E-state index contributed by atoms with van der Waals surface area (Å²) in [4.78, 5) is 28.5. The number of rotatable bonds is 5. The Morgan fingerprint density at radius 3 is 2.46 bits per heavy atom. The molecule has 0 aliphatic rings. The number of halogens is 1. The van der Waals surface area contributed by atoms with E-state index in [9.17, 15) is 14.9 Å². The zero-order valence-electron chi connectivity index (χ0n) is 14.5. The molecule has 0 saturated heterocycles. The number of fused-ring (bicyclic) bond motifs is 2. The third kappa shape index (κ3) is 3.56. The van der Waals surface area contributed by atoms with Gasteiger partial charge in [-0.25, -0.2) is 4.98 Å². The van der Waals surface area contributed by atoms with Crippen molar-refractivity contribution in [3.05, 3.63) is 87.4 Å². The summed E-state index contributed by atoms with van der Waals surface area (Å²) >= 11 is 7.55. The summed E-state index contributed by atoms with van der Waals surface area (Å²) < 4.78 is 0. The Bertz CT molecular complexity index is 1230. The maximum atomic E-state index is 12.6. The Labute approximate surface area is 169 Å². The average molecular weight is 409 g/mol. The molecule has 28 heavy (non-hydrogen) atoms. The molecule has 0 spiro atoms. The molecule has 0 aliphatic heterocycles. The minimum absolute atomic E-state index is 0.0350. The van der Waals surface area contributed by atoms with Gasteiger partial charge in [0, 0.05) is 38.4 Å². The lowest BCUT2D eigenvalue weighted by Crippen LogP contribution is -2.03. The van der Waals surface area contributed by atoms with Gasteiger partial charge in [-0.2, -0.15) is 0 Å². The van der Waals surface area contributed by atoms with Gasteiger partial charge in [0.25, 0.3) is 5.69 Å². The highest BCUT2D eigenvalue weighted by Gasteiger charge is 2.14. The fourth-order valence-electron chi connectivity index (χ4n) is 2.97. The van der Waals surface area contributed by atoms with Crippen LogP contribution in [0.1, 0.15) is 10.4 Å². The third-order valence-corrected chi connectivity index (χ3v) is 5.71. The second-order valence-electron chi connectivity index (χ2n) is 6.14. The normalized spacial score (nSPS) is 11.0. The van der Waals surface area contributed by atoms with Crippen molar-refractivity contribution in [3.63, 3.8) is 0 Å². The number of Topliss-reactive ketones (excluding diaryl/α,β-unsaturated/α-hetero) is 1. The highest BCUT2D eigenvalue weighted by molar-refractivity contribution is 8.00. The van der Waals surface area contributed by atoms with Gasteiger partial charge in [-0.15, -0.1) is 11.8 Å². The van der Waals surface area contributed by atoms with Gasteiger partial charge in [0.2, 0.25) is 0 Å². The number of nitro benzene ring substituents is 1. The largest absolute Gasteiger partial charge is 0.293 e. The van der Waals surface area contributed by atoms with Crippen molar-refractivity contribution >= 4 is 56.6 Å². The average Bonchev–Trinajstić information content (AvgIpc) is 2.70. The summed E-state index contributed by atoms with van der Waals surface area (Å²) in [5, 5.41) is 13.3. The quantitative estimate of drug-likeness (QED) is 0.135. The lowest BCUT2D eigenvalue weighted by atomic mass is 10.1. The molecule has 138 valence electrons. The number of ketones is 1. The molecule has 0 unspecified atom stereocenters. The number of carbonyl (C=O) groups excluding carboxylic acids is 1. The van der Waals surface area contributed by atoms with Gasteiger partial charge >= 0.3 is 0 Å². The molecular formula is C21H13ClN2O3S. The number of nitro groups is 1. The molecule has 3 aromatic carbocycles. The fourth-order valence-corrected chi connectivity index (χ4v) is 4.24. The summed E-state index contributed by atoms with van der Waals surface area (Å²) in [5.41, 5.74) is 2.02. The third-order valence-electron chi connectivity index (χ3n) is 4.34. The van der Waals surface area contributed by atoms with Crippen LogP contribution in [0.5, 0.6) is 0 Å². The maximum absolute atomic E-state index is 12.6. The van der Waals surface area contributed by atoms with Crippen LogP contribution in [-0.2, 0) is 0 Å². The first-order valence-electron chi connectivity index (χ1n) is 8.41. The number of aromatic nitrogens is 1. The van der Waals surface area contributed by atoms with Crippen LogP contribution in [0, 0.1) is 10.1 Å². The molecule has 7 heteroatoms. The monoisotopic (exact) mass is 408 g/mol. The van der Waals surface area contributed by atoms with Gasteiger partial charge in [0.05, 0.1) is 21.7 Å². The SMILES string of the molecule is O=C(CSc1c2ccccc2nc2cc(Cl)ccc12)c1ccc([N+](=O)[O-])cc1. The number of non-ortho nitro benzene ring substituents is 1. The lowest BCUT2D eigenvalue weighted by molar-refractivity contribution is -0.384. The van der Waals surface area contributed by atoms with Gasteiger partial charge < -0.3 is 0 Å². The van der Waals surface area contributed by atoms with E-state index in [1.165, 1.54) is 36.0 Å². The van der Waals surface area contributed by atoms with Crippen molar-refractivity contribution in [1.29, 1.82) is 0 Å². The minimum atomic E-state index is -0.483. The number of pyridine rings is 1. The first-order valence-corrected chi connectivity index (χ1v) is 9.78. The molecule has 0 fully saturated rings. The van der Waals surface area contributed by atoms with Gasteiger partial charge in [-0.3, -0.25) is 14.9 Å². The van der Waals surface area contributed by atoms with Crippen LogP contribution in [0.4, 0.5) is 5.69 Å². The predicted octanol–water partition coefficient (Wildman–Crippen LogP) is 5.92. The molecule has 0 bridgehead atoms. The van der Waals surface area contributed by atoms with Crippen molar-refractivity contribution in [3.8, 4) is 0 Å². The van der Waals surface area contributed by atoms with E-state index in [4.69, 9.17) is 11.6 Å². The van der Waals surface area contributed by atoms with Crippen LogP contribution < -0.4 is 0 Å². The van der Waals surface area contributed by atoms with Crippen LogP contribution in [0.3, 0.4) is 0 Å². The molecule has 0 aliphatic carbocycles. The van der Waals surface area contributed by atoms with Crippen molar-refractivity contribution < 1.29 is 9.72 Å². The van der Waals surface area contributed by atoms with E-state index < -0.39 is 4.92 Å². The van der Waals surface area contributed by atoms with Gasteiger partial charge in [-0.05, 0) is 30.3 Å². The smallest absolute Gasteiger partial charge is 0.269 e. The number of nitrogens with zero attached hydrogens (tertiary/aromatic N) is 2. The van der Waals surface area contributed by atoms with E-state index in [1.807, 2.05) is 42.5 Å². The highest BCUT2D eigenvalue weighted by atomic mass is 35.5. The Morgan fingerprint density at radius 1 is 1.00 bits per heavy atom. The summed E-state index contributed by atoms with van der Waals surface area (Å²) in [7, 11) is 0. The van der Waals surface area contributed by atoms with E-state index >= 15 is 0 Å². The van der Waals surface area contributed by atoms with Gasteiger partial charge in [0.15, 0.2) is 5.78 Å². The first kappa shape index (κ1) is 18.4. The summed E-state index contributed by atoms with van der Waals surface area (Å²) in [6.45, 7) is 0. The second-order valence-corrected chi connectivity index (χ2v) is 7.56. The van der Waals surface area contributed by atoms with E-state index in [0.717, 1.165) is 26.7 Å². The zero-order valence-corrected chi connectivity index (χ0v) is 16.0. The molecule has 0 atom stereocenters. The zero-order chi connectivity index (χ0) is 19.7. The van der Waals surface area contributed by atoms with Crippen molar-refractivity contribution in [2.24, 2.45) is 0 Å². The molecule has 4 aromatic rings. The van der Waals surface area contributed by atoms with Crippen LogP contribution >= 0.6 is 23.4 Å². The van der Waals surface area contributed by atoms with Crippen molar-refractivity contribution in [2.75, 3.05) is 5.75 Å². The Balaban J connectivity index is 1.68. The van der Waals surface area contributed by atoms with Crippen molar-refractivity contribution in [1.82, 2.24) is 4.98 Å². The molecule has 0 N–H and O–H groups in total. The number of benzene rings is 3. The minimum Gasteiger partial charge on any atom is -0.293 e. The molecular weight excluding hydrogens is 396 g/mol. The Kier molecular flexibility index (Phi) is 4.98. The lowest BCUT2D eigenvalue weighted by Gasteiger charge is -2.10. The molecule has 1 heterocycles. The predicted molar refractivity (Wildman–Crippen MR) is 112 cm³/mol. The second kappa shape index (κ2) is 7.58. The summed E-state index contributed by atoms with van der Waals surface area (Å²) in [6.07, 6.45) is 0. The maximum Gasteiger partial charge on any atom is 0.269 e. The van der Waals surface area contributed by atoms with Crippen molar-refractivity contribution in [2.45, 2.75) is 4.90 Å². The Hall–Kier alpha value is -2.96. The summed E-state index contributed by atoms with van der Waals surface area (Å²) in [6, 6.07) is 19.0. The van der Waals surface area contributed by atoms with Gasteiger partial charge in [-0.1, -0.05) is 35.9 Å². The highest BCUT2D eigenvalue weighted by Crippen LogP contribution is 2.35. The number of hydrogen-bond acceptors (Lipinski definition) is 5. The first-order chi connectivity index (χ1) is 13.5. The van der Waals surface area contributed by atoms with E-state index in [-0.39, 0.29) is 17.2 Å². The van der Waals surface area contributed by atoms with E-state index in [2.05, 4.69) is 4.98 Å². The number of para-hydroxylation sites is 1. The number of thioether (sulfide) groups is 1. The van der Waals surface area contributed by atoms with Crippen LogP contribution in [0.2, 0.25) is 5.02 Å². The molecule has 1 aromatic heterocycles. The van der Waals surface area contributed by atoms with E-state index in [1.54, 1.807) is 0 Å². The molecule has 0 amide bonds. The van der Waals surface area contributed by atoms with Crippen LogP contribution in [-0.4, -0.2) is 21.4 Å². The number of hydrogen-bond donors (Lipinski definition) is 0. The fraction of sp³-hybridized carbons (Fsp3) is 0.0476. The molecule has 0 radical (unpaired) electrons. The topological polar surface area (TPSA) is 73.1 Å².